The van der Waals surface area contributed by atoms with Crippen molar-refractivity contribution in [1.82, 2.24) is 4.90 Å². The number of ether oxygens (including phenoxy) is 1. The van der Waals surface area contributed by atoms with Crippen LogP contribution in [0.1, 0.15) is 18.9 Å². The molecule has 86 valence electrons. The Balaban J connectivity index is 2.29. The van der Waals surface area contributed by atoms with Crippen molar-refractivity contribution in [3.63, 3.8) is 0 Å². The van der Waals surface area contributed by atoms with E-state index in [0.29, 0.717) is 12.2 Å². The Kier molecular flexibility index (Phi) is 2.50. The van der Waals surface area contributed by atoms with Crippen LogP contribution >= 0.6 is 0 Å². The monoisotopic (exact) mass is 220 g/mol. The van der Waals surface area contributed by atoms with E-state index in [1.54, 1.807) is 11.9 Å². The minimum Gasteiger partial charge on any atom is -0.438 e. The lowest BCUT2D eigenvalue weighted by atomic mass is 9.91. The van der Waals surface area contributed by atoms with E-state index in [2.05, 4.69) is 0 Å². The molecular formula is C12H16N2O2. The minimum absolute atomic E-state index is 0.281. The first kappa shape index (κ1) is 10.8. The maximum Gasteiger partial charge on any atom is 0.410 e. The van der Waals surface area contributed by atoms with Crippen LogP contribution in [0, 0.1) is 0 Å². The Hall–Kier alpha value is -1.71. The summed E-state index contributed by atoms with van der Waals surface area (Å²) in [5.74, 6) is 0. The number of cyclic esters (lactones) is 1. The van der Waals surface area contributed by atoms with Crippen molar-refractivity contribution in [3.8, 4) is 0 Å². The molecule has 1 atom stereocenters. The van der Waals surface area contributed by atoms with E-state index in [4.69, 9.17) is 10.5 Å². The van der Waals surface area contributed by atoms with Crippen LogP contribution in [0.4, 0.5) is 10.5 Å². The zero-order chi connectivity index (χ0) is 11.8. The third-order valence-corrected chi connectivity index (χ3v) is 3.05. The van der Waals surface area contributed by atoms with Gasteiger partial charge in [-0.05, 0) is 24.6 Å². The topological polar surface area (TPSA) is 55.6 Å². The van der Waals surface area contributed by atoms with Gasteiger partial charge < -0.3 is 15.4 Å². The standard InChI is InChI=1S/C12H16N2O2/c1-12(6-7-14(2)11(15)16-12)9-4-3-5-10(13)8-9/h3-5,8H,6-7,13H2,1-2H3. The SMILES string of the molecule is CN1CCC(C)(c2cccc(N)c2)OC1=O. The Morgan fingerprint density at radius 2 is 2.25 bits per heavy atom. The highest BCUT2D eigenvalue weighted by Crippen LogP contribution is 2.33. The lowest BCUT2D eigenvalue weighted by Crippen LogP contribution is -2.44. The third kappa shape index (κ3) is 1.83. The number of hydrogen-bond donors (Lipinski definition) is 1. The lowest BCUT2D eigenvalue weighted by molar-refractivity contribution is -0.0350. The number of anilines is 1. The summed E-state index contributed by atoms with van der Waals surface area (Å²) in [4.78, 5) is 13.1. The largest absolute Gasteiger partial charge is 0.438 e. The highest BCUT2D eigenvalue weighted by molar-refractivity contribution is 5.69. The molecule has 16 heavy (non-hydrogen) atoms. The van der Waals surface area contributed by atoms with Crippen LogP contribution in [0.25, 0.3) is 0 Å². The number of carbonyl (C=O) groups excluding carboxylic acids is 1. The second-order valence-corrected chi connectivity index (χ2v) is 4.40. The molecule has 1 heterocycles. The van der Waals surface area contributed by atoms with Crippen molar-refractivity contribution in [2.75, 3.05) is 19.3 Å². The molecule has 1 aliphatic heterocycles. The third-order valence-electron chi connectivity index (χ3n) is 3.05. The Bertz CT molecular complexity index is 419. The van der Waals surface area contributed by atoms with Gasteiger partial charge >= 0.3 is 6.09 Å². The van der Waals surface area contributed by atoms with Crippen molar-refractivity contribution in [3.05, 3.63) is 29.8 Å². The van der Waals surface area contributed by atoms with Crippen molar-refractivity contribution in [2.24, 2.45) is 0 Å². The summed E-state index contributed by atoms with van der Waals surface area (Å²) >= 11 is 0. The van der Waals surface area contributed by atoms with E-state index >= 15 is 0 Å². The molecule has 0 aromatic heterocycles. The molecular weight excluding hydrogens is 204 g/mol. The summed E-state index contributed by atoms with van der Waals surface area (Å²) in [5.41, 5.74) is 6.82. The molecule has 4 heteroatoms. The van der Waals surface area contributed by atoms with Crippen molar-refractivity contribution in [1.29, 1.82) is 0 Å². The molecule has 1 aromatic rings. The van der Waals surface area contributed by atoms with Gasteiger partial charge in [-0.25, -0.2) is 4.79 Å². The van der Waals surface area contributed by atoms with Crippen LogP contribution < -0.4 is 5.73 Å². The number of amides is 1. The number of nitrogens with two attached hydrogens (primary N) is 1. The van der Waals surface area contributed by atoms with E-state index in [1.165, 1.54) is 0 Å². The van der Waals surface area contributed by atoms with E-state index in [1.807, 2.05) is 31.2 Å². The van der Waals surface area contributed by atoms with Crippen LogP contribution in [0.3, 0.4) is 0 Å². The van der Waals surface area contributed by atoms with E-state index in [9.17, 15) is 4.79 Å². The molecule has 0 saturated carbocycles. The molecule has 2 rings (SSSR count). The van der Waals surface area contributed by atoms with Gasteiger partial charge in [0.1, 0.15) is 5.60 Å². The van der Waals surface area contributed by atoms with Crippen LogP contribution in [0.5, 0.6) is 0 Å². The molecule has 1 amide bonds. The van der Waals surface area contributed by atoms with Gasteiger partial charge in [0.15, 0.2) is 0 Å². The van der Waals surface area contributed by atoms with Gasteiger partial charge in [0.05, 0.1) is 0 Å². The molecule has 4 nitrogen and oxygen atoms in total. The molecule has 0 aliphatic carbocycles. The summed E-state index contributed by atoms with van der Waals surface area (Å²) in [6, 6.07) is 7.50. The predicted molar refractivity (Wildman–Crippen MR) is 61.9 cm³/mol. The van der Waals surface area contributed by atoms with Crippen molar-refractivity contribution >= 4 is 11.8 Å². The Morgan fingerprint density at radius 1 is 1.50 bits per heavy atom. The predicted octanol–water partition coefficient (Wildman–Crippen LogP) is 1.96. The van der Waals surface area contributed by atoms with Crippen molar-refractivity contribution in [2.45, 2.75) is 18.9 Å². The van der Waals surface area contributed by atoms with Gasteiger partial charge in [-0.1, -0.05) is 12.1 Å². The minimum atomic E-state index is -0.557. The average molecular weight is 220 g/mol. The highest BCUT2D eigenvalue weighted by Gasteiger charge is 2.36. The molecule has 1 aromatic carbocycles. The molecule has 2 N–H and O–H groups in total. The quantitative estimate of drug-likeness (QED) is 0.736. The number of nitrogen functional groups attached to an aromatic ring is 1. The van der Waals surface area contributed by atoms with Gasteiger partial charge in [0, 0.05) is 25.7 Å². The Morgan fingerprint density at radius 3 is 2.88 bits per heavy atom. The van der Waals surface area contributed by atoms with Gasteiger partial charge in [-0.2, -0.15) is 0 Å². The normalized spacial score (nSPS) is 25.4. The maximum absolute atomic E-state index is 11.5. The summed E-state index contributed by atoms with van der Waals surface area (Å²) in [6.45, 7) is 2.62. The number of benzene rings is 1. The summed E-state index contributed by atoms with van der Waals surface area (Å²) in [6.07, 6.45) is 0.495. The van der Waals surface area contributed by atoms with E-state index in [-0.39, 0.29) is 6.09 Å². The Labute approximate surface area is 95.0 Å². The number of nitrogens with zero attached hydrogens (tertiary/aromatic N) is 1. The molecule has 1 aliphatic rings. The smallest absolute Gasteiger partial charge is 0.410 e. The second kappa shape index (κ2) is 3.70. The average Bonchev–Trinajstić information content (AvgIpc) is 2.24. The number of hydrogen-bond acceptors (Lipinski definition) is 3. The highest BCUT2D eigenvalue weighted by atomic mass is 16.6. The first-order chi connectivity index (χ1) is 7.51. The maximum atomic E-state index is 11.5. The fourth-order valence-corrected chi connectivity index (χ4v) is 1.86. The van der Waals surface area contributed by atoms with E-state index in [0.717, 1.165) is 12.0 Å². The molecule has 0 radical (unpaired) electrons. The molecule has 1 fully saturated rings. The first-order valence-corrected chi connectivity index (χ1v) is 5.31. The zero-order valence-electron chi connectivity index (χ0n) is 9.56. The molecule has 1 unspecified atom stereocenters. The lowest BCUT2D eigenvalue weighted by Gasteiger charge is -2.37. The molecule has 1 saturated heterocycles. The van der Waals surface area contributed by atoms with Crippen LogP contribution in [-0.2, 0) is 10.3 Å². The molecule has 0 spiro atoms. The van der Waals surface area contributed by atoms with Crippen LogP contribution in [0.2, 0.25) is 0 Å². The zero-order valence-corrected chi connectivity index (χ0v) is 9.56. The van der Waals surface area contributed by atoms with Crippen LogP contribution in [-0.4, -0.2) is 24.6 Å². The first-order valence-electron chi connectivity index (χ1n) is 5.31. The van der Waals surface area contributed by atoms with Gasteiger partial charge in [-0.15, -0.1) is 0 Å². The number of carbonyl (C=O) groups is 1. The number of rotatable bonds is 1. The fourth-order valence-electron chi connectivity index (χ4n) is 1.86. The van der Waals surface area contributed by atoms with Crippen molar-refractivity contribution < 1.29 is 9.53 Å². The summed E-state index contributed by atoms with van der Waals surface area (Å²) in [7, 11) is 1.74. The fraction of sp³-hybridized carbons (Fsp3) is 0.417. The second-order valence-electron chi connectivity index (χ2n) is 4.40. The summed E-state index contributed by atoms with van der Waals surface area (Å²) < 4.78 is 5.46. The summed E-state index contributed by atoms with van der Waals surface area (Å²) in [5, 5.41) is 0. The van der Waals surface area contributed by atoms with E-state index < -0.39 is 5.60 Å². The van der Waals surface area contributed by atoms with Gasteiger partial charge in [0.25, 0.3) is 0 Å². The molecule has 0 bridgehead atoms. The van der Waals surface area contributed by atoms with Crippen LogP contribution in [0.15, 0.2) is 24.3 Å². The van der Waals surface area contributed by atoms with Gasteiger partial charge in [-0.3, -0.25) is 0 Å². The van der Waals surface area contributed by atoms with Gasteiger partial charge in [0.2, 0.25) is 0 Å².